The number of aromatic nitrogens is 1. The summed E-state index contributed by atoms with van der Waals surface area (Å²) in [6.45, 7) is 3.26. The molecule has 1 atom stereocenters. The molecule has 1 rings (SSSR count). The fourth-order valence-electron chi connectivity index (χ4n) is 1.42. The number of nitriles is 1. The van der Waals surface area contributed by atoms with Gasteiger partial charge in [0.05, 0.1) is 15.9 Å². The van der Waals surface area contributed by atoms with E-state index in [1.165, 1.54) is 13.1 Å². The van der Waals surface area contributed by atoms with Crippen LogP contribution in [0.15, 0.2) is 12.3 Å². The lowest BCUT2D eigenvalue weighted by Crippen LogP contribution is -2.34. The lowest BCUT2D eigenvalue weighted by Gasteiger charge is -2.23. The maximum atomic E-state index is 11.2. The Morgan fingerprint density at radius 2 is 2.35 bits per heavy atom. The number of anilines is 1. The van der Waals surface area contributed by atoms with E-state index in [-0.39, 0.29) is 23.6 Å². The van der Waals surface area contributed by atoms with E-state index < -0.39 is 16.3 Å². The minimum atomic E-state index is -1.05. The van der Waals surface area contributed by atoms with Gasteiger partial charge in [-0.1, -0.05) is 6.92 Å². The van der Waals surface area contributed by atoms with Gasteiger partial charge in [0.2, 0.25) is 5.82 Å². The van der Waals surface area contributed by atoms with Crippen molar-refractivity contribution in [3.63, 3.8) is 0 Å². The number of nitrogens with one attached hydrogen (secondary N) is 1. The van der Waals surface area contributed by atoms with Crippen molar-refractivity contribution in [2.24, 2.45) is 5.41 Å². The number of carbonyl (C=O) groups is 1. The number of aliphatic carboxylic acids is 1. The van der Waals surface area contributed by atoms with E-state index in [0.717, 1.165) is 6.07 Å². The zero-order valence-electron chi connectivity index (χ0n) is 11.1. The Labute approximate surface area is 115 Å². The van der Waals surface area contributed by atoms with Crippen LogP contribution in [0.25, 0.3) is 0 Å². The van der Waals surface area contributed by atoms with E-state index in [0.29, 0.717) is 6.42 Å². The maximum Gasteiger partial charge on any atom is 0.312 e. The zero-order chi connectivity index (χ0) is 15.3. The minimum Gasteiger partial charge on any atom is -0.481 e. The third-order valence-corrected chi connectivity index (χ3v) is 3.14. The third-order valence-electron chi connectivity index (χ3n) is 3.14. The average Bonchev–Trinajstić information content (AvgIpc) is 2.44. The molecule has 1 aromatic rings. The summed E-state index contributed by atoms with van der Waals surface area (Å²) in [6.07, 6.45) is 1.55. The second-order valence-electron chi connectivity index (χ2n) is 4.53. The monoisotopic (exact) mass is 278 g/mol. The van der Waals surface area contributed by atoms with Crippen molar-refractivity contribution in [2.45, 2.75) is 20.3 Å². The fraction of sp³-hybridized carbons (Fsp3) is 0.417. The molecule has 8 heteroatoms. The molecule has 2 N–H and O–H groups in total. The standard InChI is InChI=1S/C12H14N4O4/c1-3-12(2,11(17)18)7-15-10-9(16(19)20)4-8(5-13)6-14-10/h4,6H,3,7H2,1-2H3,(H,14,15)(H,17,18). The summed E-state index contributed by atoms with van der Waals surface area (Å²) in [7, 11) is 0. The summed E-state index contributed by atoms with van der Waals surface area (Å²) >= 11 is 0. The zero-order valence-corrected chi connectivity index (χ0v) is 11.1. The average molecular weight is 278 g/mol. The molecule has 1 aromatic heterocycles. The number of hydrogen-bond acceptors (Lipinski definition) is 6. The van der Waals surface area contributed by atoms with E-state index in [2.05, 4.69) is 10.3 Å². The SMILES string of the molecule is CCC(C)(CNc1ncc(C#N)cc1[N+](=O)[O-])C(=O)O. The maximum absolute atomic E-state index is 11.2. The predicted molar refractivity (Wildman–Crippen MR) is 70.1 cm³/mol. The molecule has 8 nitrogen and oxygen atoms in total. The number of pyridine rings is 1. The van der Waals surface area contributed by atoms with Crippen molar-refractivity contribution in [1.82, 2.24) is 4.98 Å². The largest absolute Gasteiger partial charge is 0.481 e. The first-order valence-electron chi connectivity index (χ1n) is 5.86. The number of carboxylic acids is 1. The first-order chi connectivity index (χ1) is 9.34. The van der Waals surface area contributed by atoms with Crippen molar-refractivity contribution in [2.75, 3.05) is 11.9 Å². The van der Waals surface area contributed by atoms with Gasteiger partial charge in [0, 0.05) is 18.8 Å². The van der Waals surface area contributed by atoms with Crippen LogP contribution in [0.4, 0.5) is 11.5 Å². The Hall–Kier alpha value is -2.69. The van der Waals surface area contributed by atoms with Gasteiger partial charge in [-0.25, -0.2) is 4.98 Å². The highest BCUT2D eigenvalue weighted by atomic mass is 16.6. The number of carboxylic acid groups (broad SMARTS) is 1. The molecule has 20 heavy (non-hydrogen) atoms. The second-order valence-corrected chi connectivity index (χ2v) is 4.53. The fourth-order valence-corrected chi connectivity index (χ4v) is 1.42. The summed E-state index contributed by atoms with van der Waals surface area (Å²) in [4.78, 5) is 25.2. The van der Waals surface area contributed by atoms with Gasteiger partial charge in [0.1, 0.15) is 6.07 Å². The Morgan fingerprint density at radius 3 is 2.80 bits per heavy atom. The van der Waals surface area contributed by atoms with Crippen molar-refractivity contribution in [1.29, 1.82) is 5.26 Å². The van der Waals surface area contributed by atoms with Crippen molar-refractivity contribution in [3.05, 3.63) is 27.9 Å². The highest BCUT2D eigenvalue weighted by molar-refractivity contribution is 5.75. The van der Waals surface area contributed by atoms with Crippen LogP contribution in [-0.2, 0) is 4.79 Å². The molecule has 1 heterocycles. The summed E-state index contributed by atoms with van der Waals surface area (Å²) in [5.74, 6) is -1.04. The molecule has 0 spiro atoms. The summed E-state index contributed by atoms with van der Waals surface area (Å²) in [5, 5.41) is 31.4. The summed E-state index contributed by atoms with van der Waals surface area (Å²) in [5.41, 5.74) is -1.34. The molecule has 106 valence electrons. The van der Waals surface area contributed by atoms with Crippen LogP contribution in [0.3, 0.4) is 0 Å². The molecule has 0 saturated carbocycles. The van der Waals surface area contributed by atoms with Crippen LogP contribution < -0.4 is 5.32 Å². The third kappa shape index (κ3) is 3.20. The Morgan fingerprint density at radius 1 is 1.70 bits per heavy atom. The Bertz CT molecular complexity index is 581. The number of hydrogen-bond donors (Lipinski definition) is 2. The van der Waals surface area contributed by atoms with E-state index >= 15 is 0 Å². The smallest absolute Gasteiger partial charge is 0.312 e. The van der Waals surface area contributed by atoms with Crippen LogP contribution >= 0.6 is 0 Å². The van der Waals surface area contributed by atoms with Gasteiger partial charge in [-0.05, 0) is 13.3 Å². The predicted octanol–water partition coefficient (Wildman–Crippen LogP) is 1.77. The molecule has 0 aromatic carbocycles. The van der Waals surface area contributed by atoms with E-state index in [1.54, 1.807) is 13.0 Å². The van der Waals surface area contributed by atoms with Gasteiger partial charge in [-0.2, -0.15) is 5.26 Å². The lowest BCUT2D eigenvalue weighted by molar-refractivity contribution is -0.384. The van der Waals surface area contributed by atoms with Crippen molar-refractivity contribution >= 4 is 17.5 Å². The van der Waals surface area contributed by atoms with Crippen LogP contribution in [0.1, 0.15) is 25.8 Å². The first kappa shape index (κ1) is 15.4. The van der Waals surface area contributed by atoms with Crippen LogP contribution in [-0.4, -0.2) is 27.5 Å². The Balaban J connectivity index is 3.02. The quantitative estimate of drug-likeness (QED) is 0.599. The molecule has 0 aliphatic rings. The van der Waals surface area contributed by atoms with E-state index in [9.17, 15) is 14.9 Å². The molecule has 0 fully saturated rings. The minimum absolute atomic E-state index is 0.00142. The normalized spacial score (nSPS) is 13.1. The highest BCUT2D eigenvalue weighted by Gasteiger charge is 2.31. The summed E-state index contributed by atoms with van der Waals surface area (Å²) in [6, 6.07) is 2.86. The molecule has 0 saturated heterocycles. The van der Waals surface area contributed by atoms with Gasteiger partial charge in [0.15, 0.2) is 0 Å². The summed E-state index contributed by atoms with van der Waals surface area (Å²) < 4.78 is 0. The lowest BCUT2D eigenvalue weighted by atomic mass is 9.88. The van der Waals surface area contributed by atoms with Crippen LogP contribution in [0.2, 0.25) is 0 Å². The molecule has 0 radical (unpaired) electrons. The van der Waals surface area contributed by atoms with Crippen molar-refractivity contribution < 1.29 is 14.8 Å². The molecular formula is C12H14N4O4. The molecule has 0 aliphatic heterocycles. The van der Waals surface area contributed by atoms with E-state index in [1.807, 2.05) is 0 Å². The van der Waals surface area contributed by atoms with Gasteiger partial charge in [0.25, 0.3) is 0 Å². The van der Waals surface area contributed by atoms with Gasteiger partial charge in [-0.15, -0.1) is 0 Å². The molecular weight excluding hydrogens is 264 g/mol. The molecule has 1 unspecified atom stereocenters. The van der Waals surface area contributed by atoms with Gasteiger partial charge < -0.3 is 10.4 Å². The van der Waals surface area contributed by atoms with E-state index in [4.69, 9.17) is 10.4 Å². The number of nitro groups is 1. The molecule has 0 bridgehead atoms. The Kier molecular flexibility index (Phi) is 4.59. The highest BCUT2D eigenvalue weighted by Crippen LogP contribution is 2.26. The topological polar surface area (TPSA) is 129 Å². The molecule has 0 aliphatic carbocycles. The number of rotatable bonds is 6. The van der Waals surface area contributed by atoms with Gasteiger partial charge >= 0.3 is 11.7 Å². The second kappa shape index (κ2) is 5.97. The van der Waals surface area contributed by atoms with Crippen LogP contribution in [0.5, 0.6) is 0 Å². The molecule has 0 amide bonds. The number of nitrogens with zero attached hydrogens (tertiary/aromatic N) is 3. The van der Waals surface area contributed by atoms with Crippen molar-refractivity contribution in [3.8, 4) is 6.07 Å². The van der Waals surface area contributed by atoms with Crippen LogP contribution in [0, 0.1) is 26.9 Å². The first-order valence-corrected chi connectivity index (χ1v) is 5.86. The van der Waals surface area contributed by atoms with Gasteiger partial charge in [-0.3, -0.25) is 14.9 Å².